The van der Waals surface area contributed by atoms with Crippen LogP contribution in [-0.4, -0.2) is 23.8 Å². The Balaban J connectivity index is 2.76. The molecule has 0 aliphatic carbocycles. The minimum Gasteiger partial charge on any atom is -0.343 e. The second kappa shape index (κ2) is 2.25. The molecule has 1 rings (SSSR count). The molecule has 5 nitrogen and oxygen atoms in total. The van der Waals surface area contributed by atoms with E-state index in [-0.39, 0.29) is 0 Å². The molecule has 0 saturated carbocycles. The van der Waals surface area contributed by atoms with Crippen molar-refractivity contribution in [2.24, 2.45) is 0 Å². The molecule has 0 bridgehead atoms. The average Bonchev–Trinajstić information content (AvgIpc) is 2.37. The molecular weight excluding hydrogens is 122 g/mol. The standard InChI is InChI=1S/C4H4N3O2/c1-7(3-8)4-2-9-6-5-4/h2H,1H3. The van der Waals surface area contributed by atoms with Crippen LogP contribution in [0.3, 0.4) is 0 Å². The summed E-state index contributed by atoms with van der Waals surface area (Å²) in [5, 5.41) is 6.58. The summed E-state index contributed by atoms with van der Waals surface area (Å²) in [6.45, 7) is 0. The van der Waals surface area contributed by atoms with Crippen LogP contribution in [0.1, 0.15) is 0 Å². The number of hydrogen-bond acceptors (Lipinski definition) is 4. The van der Waals surface area contributed by atoms with E-state index in [2.05, 4.69) is 14.9 Å². The van der Waals surface area contributed by atoms with Crippen molar-refractivity contribution in [1.82, 2.24) is 10.4 Å². The molecule has 0 aliphatic rings. The topological polar surface area (TPSA) is 59.2 Å². The van der Waals surface area contributed by atoms with Gasteiger partial charge in [-0.25, -0.2) is 0 Å². The fourth-order valence-corrected chi connectivity index (χ4v) is 0.353. The Morgan fingerprint density at radius 1 is 1.89 bits per heavy atom. The maximum atomic E-state index is 9.89. The molecule has 0 aliphatic heterocycles. The highest BCUT2D eigenvalue weighted by Crippen LogP contribution is 2.01. The summed E-state index contributed by atoms with van der Waals surface area (Å²) < 4.78 is 4.36. The summed E-state index contributed by atoms with van der Waals surface area (Å²) in [5.74, 6) is 0.352. The highest BCUT2D eigenvalue weighted by Gasteiger charge is 2.01. The minimum absolute atomic E-state index is 0.352. The molecule has 0 N–H and O–H groups in total. The van der Waals surface area contributed by atoms with E-state index in [9.17, 15) is 4.79 Å². The third-order valence-corrected chi connectivity index (χ3v) is 0.829. The van der Waals surface area contributed by atoms with Gasteiger partial charge in [-0.05, 0) is 0 Å². The van der Waals surface area contributed by atoms with Gasteiger partial charge < -0.3 is 4.52 Å². The average molecular weight is 126 g/mol. The van der Waals surface area contributed by atoms with E-state index in [1.54, 1.807) is 6.41 Å². The van der Waals surface area contributed by atoms with E-state index in [4.69, 9.17) is 0 Å². The Kier molecular flexibility index (Phi) is 1.44. The van der Waals surface area contributed by atoms with Crippen molar-refractivity contribution >= 4 is 12.2 Å². The van der Waals surface area contributed by atoms with Crippen molar-refractivity contribution < 1.29 is 9.32 Å². The third kappa shape index (κ3) is 1.04. The van der Waals surface area contributed by atoms with E-state index in [1.807, 2.05) is 0 Å². The van der Waals surface area contributed by atoms with Gasteiger partial charge in [0.25, 0.3) is 0 Å². The van der Waals surface area contributed by atoms with Crippen molar-refractivity contribution in [1.29, 1.82) is 0 Å². The molecule has 9 heavy (non-hydrogen) atoms. The summed E-state index contributed by atoms with van der Waals surface area (Å²) in [7, 11) is 1.51. The molecule has 1 aromatic heterocycles. The maximum Gasteiger partial charge on any atom is 0.317 e. The van der Waals surface area contributed by atoms with Crippen LogP contribution in [0.15, 0.2) is 10.8 Å². The number of amides is 1. The molecule has 1 radical (unpaired) electrons. The molecule has 0 spiro atoms. The van der Waals surface area contributed by atoms with Gasteiger partial charge >= 0.3 is 6.41 Å². The molecule has 0 atom stereocenters. The zero-order chi connectivity index (χ0) is 6.69. The largest absolute Gasteiger partial charge is 0.343 e. The summed E-state index contributed by atoms with van der Waals surface area (Å²) in [6, 6.07) is 0. The Bertz CT molecular complexity index is 184. The van der Waals surface area contributed by atoms with Gasteiger partial charge in [0.15, 0.2) is 12.1 Å². The predicted octanol–water partition coefficient (Wildman–Crippen LogP) is -0.427. The van der Waals surface area contributed by atoms with Crippen LogP contribution in [0.25, 0.3) is 0 Å². The lowest BCUT2D eigenvalue weighted by Gasteiger charge is -1.98. The Morgan fingerprint density at radius 3 is 3.11 bits per heavy atom. The van der Waals surface area contributed by atoms with Gasteiger partial charge in [0.1, 0.15) is 0 Å². The lowest BCUT2D eigenvalue weighted by atomic mass is 10.7. The number of hydrogen-bond donors (Lipinski definition) is 0. The smallest absolute Gasteiger partial charge is 0.317 e. The molecule has 0 saturated heterocycles. The molecule has 0 aromatic carbocycles. The monoisotopic (exact) mass is 126 g/mol. The van der Waals surface area contributed by atoms with Gasteiger partial charge in [-0.15, -0.1) is 0 Å². The second-order valence-corrected chi connectivity index (χ2v) is 1.41. The van der Waals surface area contributed by atoms with E-state index in [1.165, 1.54) is 13.3 Å². The normalized spacial score (nSPS) is 9.00. The van der Waals surface area contributed by atoms with Crippen LogP contribution >= 0.6 is 0 Å². The molecule has 1 amide bonds. The first-order valence-corrected chi connectivity index (χ1v) is 2.23. The molecule has 5 heteroatoms. The Labute approximate surface area is 51.2 Å². The molecule has 0 fully saturated rings. The zero-order valence-corrected chi connectivity index (χ0v) is 4.74. The fourth-order valence-electron chi connectivity index (χ4n) is 0.353. The summed E-state index contributed by atoms with van der Waals surface area (Å²) in [5.41, 5.74) is 0. The lowest BCUT2D eigenvalue weighted by Crippen LogP contribution is -2.13. The number of aromatic nitrogens is 2. The van der Waals surface area contributed by atoms with E-state index in [0.29, 0.717) is 5.82 Å². The molecule has 1 heterocycles. The van der Waals surface area contributed by atoms with Crippen LogP contribution in [0, 0.1) is 0 Å². The first-order valence-electron chi connectivity index (χ1n) is 2.23. The van der Waals surface area contributed by atoms with Crippen LogP contribution in [0.5, 0.6) is 0 Å². The summed E-state index contributed by atoms with van der Waals surface area (Å²) in [6.07, 6.45) is 2.84. The zero-order valence-electron chi connectivity index (χ0n) is 4.74. The highest BCUT2D eigenvalue weighted by atomic mass is 16.5. The fraction of sp³-hybridized carbons (Fsp3) is 0.250. The Morgan fingerprint density at radius 2 is 2.67 bits per heavy atom. The molecule has 1 aromatic rings. The number of carbonyl (C=O) groups excluding carboxylic acids is 1. The van der Waals surface area contributed by atoms with Crippen molar-refractivity contribution in [3.63, 3.8) is 0 Å². The van der Waals surface area contributed by atoms with Crippen molar-refractivity contribution in [3.8, 4) is 0 Å². The Hall–Kier alpha value is -1.39. The van der Waals surface area contributed by atoms with Crippen LogP contribution in [0.4, 0.5) is 5.82 Å². The quantitative estimate of drug-likeness (QED) is 0.504. The summed E-state index contributed by atoms with van der Waals surface area (Å²) >= 11 is 0. The van der Waals surface area contributed by atoms with Gasteiger partial charge in [-0.2, -0.15) is 0 Å². The van der Waals surface area contributed by atoms with Crippen LogP contribution < -0.4 is 4.90 Å². The third-order valence-electron chi connectivity index (χ3n) is 0.829. The lowest BCUT2D eigenvalue weighted by molar-refractivity contribution is 0.393. The van der Waals surface area contributed by atoms with Gasteiger partial charge in [-0.1, -0.05) is 5.10 Å². The van der Waals surface area contributed by atoms with Crippen LogP contribution in [0.2, 0.25) is 0 Å². The second-order valence-electron chi connectivity index (χ2n) is 1.41. The molecule has 47 valence electrons. The van der Waals surface area contributed by atoms with E-state index < -0.39 is 0 Å². The van der Waals surface area contributed by atoms with Gasteiger partial charge in [0, 0.05) is 12.3 Å². The van der Waals surface area contributed by atoms with Gasteiger partial charge in [0.05, 0.1) is 0 Å². The van der Waals surface area contributed by atoms with Gasteiger partial charge in [0.2, 0.25) is 0 Å². The number of rotatable bonds is 2. The molecule has 0 unspecified atom stereocenters. The van der Waals surface area contributed by atoms with Crippen LogP contribution in [-0.2, 0) is 4.79 Å². The summed E-state index contributed by atoms with van der Waals surface area (Å²) in [4.78, 5) is 11.0. The van der Waals surface area contributed by atoms with E-state index >= 15 is 0 Å². The SMILES string of the molecule is CN([C]=O)c1conn1. The molecular formula is C4H4N3O2. The van der Waals surface area contributed by atoms with Gasteiger partial charge in [-0.3, -0.25) is 9.69 Å². The maximum absolute atomic E-state index is 9.89. The highest BCUT2D eigenvalue weighted by molar-refractivity contribution is 5.71. The predicted molar refractivity (Wildman–Crippen MR) is 28.4 cm³/mol. The van der Waals surface area contributed by atoms with Crippen molar-refractivity contribution in [2.45, 2.75) is 0 Å². The first-order chi connectivity index (χ1) is 4.34. The first kappa shape index (κ1) is 5.74. The van der Waals surface area contributed by atoms with Crippen molar-refractivity contribution in [2.75, 3.05) is 11.9 Å². The van der Waals surface area contributed by atoms with E-state index in [0.717, 1.165) is 4.90 Å². The number of anilines is 1. The van der Waals surface area contributed by atoms with Crippen molar-refractivity contribution in [3.05, 3.63) is 6.26 Å². The number of nitrogens with zero attached hydrogens (tertiary/aromatic N) is 3. The minimum atomic E-state index is 0.352.